The molecule has 2 aromatic rings. The Morgan fingerprint density at radius 1 is 1.14 bits per heavy atom. The van der Waals surface area contributed by atoms with Crippen molar-refractivity contribution in [2.75, 3.05) is 37.4 Å². The molecule has 2 heterocycles. The molecule has 1 saturated heterocycles. The van der Waals surface area contributed by atoms with Crippen LogP contribution in [0.15, 0.2) is 24.3 Å². The second-order valence-corrected chi connectivity index (χ2v) is 6.62. The Hall–Kier alpha value is -2.62. The van der Waals surface area contributed by atoms with Gasteiger partial charge in [-0.15, -0.1) is 0 Å². The van der Waals surface area contributed by atoms with Gasteiger partial charge in [-0.1, -0.05) is 6.07 Å². The second kappa shape index (κ2) is 8.59. The molecule has 0 unspecified atom stereocenters. The number of halogens is 3. The van der Waals surface area contributed by atoms with E-state index in [2.05, 4.69) is 37.5 Å². The Labute approximate surface area is 161 Å². The molecule has 1 fully saturated rings. The molecule has 28 heavy (non-hydrogen) atoms. The molecule has 7 nitrogen and oxygen atoms in total. The van der Waals surface area contributed by atoms with Crippen LogP contribution in [0.25, 0.3) is 0 Å². The second-order valence-electron chi connectivity index (χ2n) is 6.62. The summed E-state index contributed by atoms with van der Waals surface area (Å²) in [5.41, 5.74) is -0.519. The lowest BCUT2D eigenvalue weighted by Gasteiger charge is -2.29. The highest BCUT2D eigenvalue weighted by atomic mass is 19.4. The van der Waals surface area contributed by atoms with Crippen LogP contribution in [0, 0.1) is 0 Å². The number of anilines is 3. The van der Waals surface area contributed by atoms with Crippen LogP contribution < -0.4 is 15.4 Å². The lowest BCUT2D eigenvalue weighted by molar-refractivity contribution is -0.137. The van der Waals surface area contributed by atoms with E-state index in [1.54, 1.807) is 6.92 Å². The Balaban J connectivity index is 1.79. The van der Waals surface area contributed by atoms with E-state index in [1.165, 1.54) is 12.1 Å². The molecule has 0 saturated carbocycles. The molecular formula is C18H23F3N6O. The number of nitrogens with zero attached hydrogens (tertiary/aromatic N) is 4. The third kappa shape index (κ3) is 5.44. The number of nitrogens with one attached hydrogen (secondary N) is 2. The molecule has 0 atom stereocenters. The van der Waals surface area contributed by atoms with Crippen LogP contribution in [0.5, 0.6) is 6.01 Å². The van der Waals surface area contributed by atoms with Gasteiger partial charge in [0.15, 0.2) is 0 Å². The third-order valence-corrected chi connectivity index (χ3v) is 4.39. The molecule has 3 rings (SSSR count). The van der Waals surface area contributed by atoms with Crippen molar-refractivity contribution in [3.8, 4) is 6.01 Å². The van der Waals surface area contributed by atoms with E-state index in [0.29, 0.717) is 12.6 Å². The first-order valence-corrected chi connectivity index (χ1v) is 9.11. The van der Waals surface area contributed by atoms with E-state index in [9.17, 15) is 13.2 Å². The van der Waals surface area contributed by atoms with Gasteiger partial charge in [-0.05, 0) is 58.1 Å². The zero-order chi connectivity index (χ0) is 20.1. The number of benzene rings is 1. The highest BCUT2D eigenvalue weighted by Crippen LogP contribution is 2.31. The molecular weight excluding hydrogens is 373 g/mol. The zero-order valence-electron chi connectivity index (χ0n) is 15.8. The highest BCUT2D eigenvalue weighted by molar-refractivity contribution is 5.56. The van der Waals surface area contributed by atoms with Gasteiger partial charge in [0.25, 0.3) is 0 Å². The summed E-state index contributed by atoms with van der Waals surface area (Å²) in [6, 6.07) is 5.19. The number of hydrogen-bond donors (Lipinski definition) is 2. The lowest BCUT2D eigenvalue weighted by atomic mass is 10.1. The normalized spacial score (nSPS) is 16.0. The SMILES string of the molecule is CCOc1nc(Nc2cccc(C(F)(F)F)c2)nc(NC2CCN(C)CC2)n1. The first-order valence-electron chi connectivity index (χ1n) is 9.11. The monoisotopic (exact) mass is 396 g/mol. The van der Waals surface area contributed by atoms with E-state index >= 15 is 0 Å². The summed E-state index contributed by atoms with van der Waals surface area (Å²) in [7, 11) is 2.07. The van der Waals surface area contributed by atoms with E-state index in [0.717, 1.165) is 38.1 Å². The molecule has 2 N–H and O–H groups in total. The third-order valence-electron chi connectivity index (χ3n) is 4.39. The van der Waals surface area contributed by atoms with Gasteiger partial charge in [0.2, 0.25) is 11.9 Å². The maximum Gasteiger partial charge on any atom is 0.416 e. The van der Waals surface area contributed by atoms with Crippen LogP contribution in [0.2, 0.25) is 0 Å². The van der Waals surface area contributed by atoms with Crippen LogP contribution >= 0.6 is 0 Å². The first kappa shape index (κ1) is 20.1. The van der Waals surface area contributed by atoms with Crippen molar-refractivity contribution < 1.29 is 17.9 Å². The van der Waals surface area contributed by atoms with Gasteiger partial charge < -0.3 is 20.3 Å². The molecule has 1 aliphatic rings. The highest BCUT2D eigenvalue weighted by Gasteiger charge is 2.30. The van der Waals surface area contributed by atoms with Crippen molar-refractivity contribution in [2.24, 2.45) is 0 Å². The van der Waals surface area contributed by atoms with Gasteiger partial charge in [0, 0.05) is 11.7 Å². The summed E-state index contributed by atoms with van der Waals surface area (Å²) in [6.45, 7) is 4.10. The summed E-state index contributed by atoms with van der Waals surface area (Å²) >= 11 is 0. The van der Waals surface area contributed by atoms with Crippen LogP contribution in [-0.2, 0) is 6.18 Å². The molecule has 152 valence electrons. The van der Waals surface area contributed by atoms with E-state index < -0.39 is 11.7 Å². The topological polar surface area (TPSA) is 75.2 Å². The summed E-state index contributed by atoms with van der Waals surface area (Å²) in [6.07, 6.45) is -2.53. The average molecular weight is 396 g/mol. The van der Waals surface area contributed by atoms with Gasteiger partial charge in [-0.25, -0.2) is 0 Å². The predicted octanol–water partition coefficient (Wildman–Crippen LogP) is 3.54. The van der Waals surface area contributed by atoms with E-state index in [1.807, 2.05) is 0 Å². The summed E-state index contributed by atoms with van der Waals surface area (Å²) in [5, 5.41) is 6.08. The van der Waals surface area contributed by atoms with Crippen LogP contribution in [0.4, 0.5) is 30.8 Å². The maximum atomic E-state index is 12.9. The quantitative estimate of drug-likeness (QED) is 0.774. The number of piperidine rings is 1. The van der Waals surface area contributed by atoms with E-state index in [-0.39, 0.29) is 23.7 Å². The minimum Gasteiger partial charge on any atom is -0.464 e. The van der Waals surface area contributed by atoms with Crippen molar-refractivity contribution in [1.29, 1.82) is 0 Å². The molecule has 0 aliphatic carbocycles. The Bertz CT molecular complexity index is 793. The van der Waals surface area contributed by atoms with Crippen molar-refractivity contribution in [2.45, 2.75) is 32.0 Å². The van der Waals surface area contributed by atoms with Crippen LogP contribution in [0.1, 0.15) is 25.3 Å². The molecule has 1 aromatic heterocycles. The van der Waals surface area contributed by atoms with Crippen LogP contribution in [0.3, 0.4) is 0 Å². The maximum absolute atomic E-state index is 12.9. The number of rotatable bonds is 6. The van der Waals surface area contributed by atoms with Gasteiger partial charge in [-0.2, -0.15) is 28.1 Å². The van der Waals surface area contributed by atoms with Crippen molar-refractivity contribution >= 4 is 17.6 Å². The standard InChI is InChI=1S/C18H23F3N6O/c1-3-28-17-25-15(22-13-7-9-27(2)10-8-13)24-16(26-17)23-14-6-4-5-12(11-14)18(19,20)21/h4-6,11,13H,3,7-10H2,1-2H3,(H2,22,23,24,25,26). The lowest BCUT2D eigenvalue weighted by Crippen LogP contribution is -2.37. The average Bonchev–Trinajstić information content (AvgIpc) is 2.63. The fraction of sp³-hybridized carbons (Fsp3) is 0.500. The Kier molecular flexibility index (Phi) is 6.18. The Morgan fingerprint density at radius 2 is 1.86 bits per heavy atom. The largest absolute Gasteiger partial charge is 0.464 e. The van der Waals surface area contributed by atoms with Crippen molar-refractivity contribution in [3.63, 3.8) is 0 Å². The summed E-state index contributed by atoms with van der Waals surface area (Å²) < 4.78 is 44.1. The first-order chi connectivity index (χ1) is 13.3. The number of likely N-dealkylation sites (tertiary alicyclic amines) is 1. The molecule has 0 bridgehead atoms. The zero-order valence-corrected chi connectivity index (χ0v) is 15.8. The molecule has 0 amide bonds. The van der Waals surface area contributed by atoms with Gasteiger partial charge >= 0.3 is 12.2 Å². The number of hydrogen-bond acceptors (Lipinski definition) is 7. The smallest absolute Gasteiger partial charge is 0.416 e. The molecule has 0 radical (unpaired) electrons. The van der Waals surface area contributed by atoms with Gasteiger partial charge in [0.1, 0.15) is 0 Å². The summed E-state index contributed by atoms with van der Waals surface area (Å²) in [5.74, 6) is 0.454. The molecule has 1 aliphatic heterocycles. The molecule has 1 aromatic carbocycles. The Morgan fingerprint density at radius 3 is 2.54 bits per heavy atom. The predicted molar refractivity (Wildman–Crippen MR) is 99.9 cm³/mol. The van der Waals surface area contributed by atoms with Crippen molar-refractivity contribution in [3.05, 3.63) is 29.8 Å². The van der Waals surface area contributed by atoms with E-state index in [4.69, 9.17) is 4.74 Å². The fourth-order valence-electron chi connectivity index (χ4n) is 2.91. The van der Waals surface area contributed by atoms with Crippen LogP contribution in [-0.4, -0.2) is 52.6 Å². The number of alkyl halides is 3. The number of aromatic nitrogens is 3. The molecule has 10 heteroatoms. The number of ether oxygens (including phenoxy) is 1. The van der Waals surface area contributed by atoms with Gasteiger partial charge in [-0.3, -0.25) is 0 Å². The van der Waals surface area contributed by atoms with Gasteiger partial charge in [0.05, 0.1) is 12.2 Å². The molecule has 0 spiro atoms. The summed E-state index contributed by atoms with van der Waals surface area (Å²) in [4.78, 5) is 14.9. The fourth-order valence-corrected chi connectivity index (χ4v) is 2.91. The van der Waals surface area contributed by atoms with Crippen molar-refractivity contribution in [1.82, 2.24) is 19.9 Å². The minimum absolute atomic E-state index is 0.113. The minimum atomic E-state index is -4.42.